The number of hydrogen-bond acceptors (Lipinski definition) is 3. The van der Waals surface area contributed by atoms with Crippen LogP contribution < -0.4 is 0 Å². The lowest BCUT2D eigenvalue weighted by Crippen LogP contribution is -2.09. The molecule has 4 nitrogen and oxygen atoms in total. The largest absolute Gasteiger partial charge is 0.467 e. The van der Waals surface area contributed by atoms with Crippen LogP contribution in [0.3, 0.4) is 0 Å². The lowest BCUT2D eigenvalue weighted by molar-refractivity contribution is 0.193. The molecule has 0 saturated carbocycles. The summed E-state index contributed by atoms with van der Waals surface area (Å²) >= 11 is 0. The van der Waals surface area contributed by atoms with Gasteiger partial charge in [-0.3, -0.25) is 0 Å². The highest BCUT2D eigenvalue weighted by molar-refractivity contribution is 5.62. The van der Waals surface area contributed by atoms with E-state index in [2.05, 4.69) is 33.8 Å². The van der Waals surface area contributed by atoms with Crippen molar-refractivity contribution in [2.75, 3.05) is 13.2 Å². The zero-order chi connectivity index (χ0) is 14.8. The maximum Gasteiger partial charge on any atom is 0.123 e. The molecule has 0 aliphatic carbocycles. The number of benzene rings is 1. The highest BCUT2D eigenvalue weighted by Gasteiger charge is 2.26. The Labute approximate surface area is 129 Å². The van der Waals surface area contributed by atoms with E-state index in [4.69, 9.17) is 9.15 Å². The molecule has 0 amide bonds. The van der Waals surface area contributed by atoms with Gasteiger partial charge in [0.05, 0.1) is 37.1 Å². The molecular weight excluding hydrogens is 276 g/mol. The predicted molar refractivity (Wildman–Crippen MR) is 83.7 cm³/mol. The van der Waals surface area contributed by atoms with E-state index in [1.54, 1.807) is 6.26 Å². The van der Waals surface area contributed by atoms with Gasteiger partial charge in [0.25, 0.3) is 0 Å². The maximum atomic E-state index is 5.60. The molecule has 0 radical (unpaired) electrons. The second-order valence-electron chi connectivity index (χ2n) is 5.61. The summed E-state index contributed by atoms with van der Waals surface area (Å²) in [7, 11) is 0. The highest BCUT2D eigenvalue weighted by Crippen LogP contribution is 2.33. The van der Waals surface area contributed by atoms with E-state index >= 15 is 0 Å². The maximum absolute atomic E-state index is 5.60. The van der Waals surface area contributed by atoms with E-state index in [0.717, 1.165) is 36.7 Å². The van der Waals surface area contributed by atoms with Crippen molar-refractivity contribution in [2.45, 2.75) is 18.9 Å². The quantitative estimate of drug-likeness (QED) is 0.736. The van der Waals surface area contributed by atoms with Crippen molar-refractivity contribution in [2.24, 2.45) is 0 Å². The van der Waals surface area contributed by atoms with Gasteiger partial charge in [-0.15, -0.1) is 0 Å². The van der Waals surface area contributed by atoms with Crippen LogP contribution in [0.5, 0.6) is 0 Å². The number of rotatable bonds is 4. The van der Waals surface area contributed by atoms with Crippen LogP contribution in [0.25, 0.3) is 11.3 Å². The highest BCUT2D eigenvalue weighted by atomic mass is 16.5. The second-order valence-corrected chi connectivity index (χ2v) is 5.61. The van der Waals surface area contributed by atoms with Crippen molar-refractivity contribution in [3.05, 3.63) is 66.5 Å². The van der Waals surface area contributed by atoms with Crippen molar-refractivity contribution in [1.82, 2.24) is 9.55 Å². The Morgan fingerprint density at radius 2 is 2.05 bits per heavy atom. The van der Waals surface area contributed by atoms with Crippen molar-refractivity contribution in [3.8, 4) is 11.3 Å². The topological polar surface area (TPSA) is 40.2 Å². The van der Waals surface area contributed by atoms with E-state index in [1.807, 2.05) is 24.5 Å². The van der Waals surface area contributed by atoms with Gasteiger partial charge in [-0.1, -0.05) is 30.3 Å². The normalized spacial score (nSPS) is 17.9. The van der Waals surface area contributed by atoms with Gasteiger partial charge in [-0.05, 0) is 18.6 Å². The van der Waals surface area contributed by atoms with Gasteiger partial charge in [0.1, 0.15) is 5.76 Å². The first kappa shape index (κ1) is 13.3. The third kappa shape index (κ3) is 2.46. The number of ether oxygens (including phenoxy) is 1. The zero-order valence-electron chi connectivity index (χ0n) is 12.3. The first-order valence-electron chi connectivity index (χ1n) is 7.62. The monoisotopic (exact) mass is 294 g/mol. The molecule has 0 N–H and O–H groups in total. The first-order valence-corrected chi connectivity index (χ1v) is 7.62. The molecule has 4 rings (SSSR count). The SMILES string of the molecule is c1ccc(-c2ncn(Cc3ccco3)c2[C@@H]2CCOC2)cc1. The van der Waals surface area contributed by atoms with Crippen molar-refractivity contribution < 1.29 is 9.15 Å². The van der Waals surface area contributed by atoms with Gasteiger partial charge < -0.3 is 13.7 Å². The fourth-order valence-corrected chi connectivity index (χ4v) is 3.08. The van der Waals surface area contributed by atoms with Crippen LogP contribution in [0.2, 0.25) is 0 Å². The number of imidazole rings is 1. The minimum Gasteiger partial charge on any atom is -0.467 e. The average Bonchev–Trinajstić information content (AvgIpc) is 3.30. The summed E-state index contributed by atoms with van der Waals surface area (Å²) in [5.41, 5.74) is 3.46. The predicted octanol–water partition coefficient (Wildman–Crippen LogP) is 3.70. The number of nitrogens with zero attached hydrogens (tertiary/aromatic N) is 2. The lowest BCUT2D eigenvalue weighted by atomic mass is 9.99. The molecule has 3 aromatic rings. The van der Waals surface area contributed by atoms with Crippen LogP contribution in [-0.2, 0) is 11.3 Å². The van der Waals surface area contributed by atoms with Crippen molar-refractivity contribution >= 4 is 0 Å². The minimum absolute atomic E-state index is 0.396. The summed E-state index contributed by atoms with van der Waals surface area (Å²) in [6.45, 7) is 2.30. The van der Waals surface area contributed by atoms with Gasteiger partial charge in [0.2, 0.25) is 0 Å². The molecule has 1 fully saturated rings. The fraction of sp³-hybridized carbons (Fsp3) is 0.278. The van der Waals surface area contributed by atoms with E-state index in [0.29, 0.717) is 12.5 Å². The molecule has 4 heteroatoms. The first-order chi connectivity index (χ1) is 10.9. The Hall–Kier alpha value is -2.33. The Bertz CT molecular complexity index is 726. The summed E-state index contributed by atoms with van der Waals surface area (Å²) in [4.78, 5) is 4.68. The van der Waals surface area contributed by atoms with Gasteiger partial charge in [-0.25, -0.2) is 4.98 Å². The van der Waals surface area contributed by atoms with Crippen LogP contribution in [0, 0.1) is 0 Å². The fourth-order valence-electron chi connectivity index (χ4n) is 3.08. The molecular formula is C18H18N2O2. The van der Waals surface area contributed by atoms with Gasteiger partial charge in [0, 0.05) is 18.1 Å². The van der Waals surface area contributed by atoms with E-state index < -0.39 is 0 Å². The van der Waals surface area contributed by atoms with Gasteiger partial charge >= 0.3 is 0 Å². The molecule has 1 saturated heterocycles. The molecule has 0 bridgehead atoms. The Morgan fingerprint density at radius 1 is 1.14 bits per heavy atom. The van der Waals surface area contributed by atoms with Crippen LogP contribution in [-0.4, -0.2) is 22.8 Å². The molecule has 112 valence electrons. The second kappa shape index (κ2) is 5.81. The molecule has 3 heterocycles. The minimum atomic E-state index is 0.396. The average molecular weight is 294 g/mol. The smallest absolute Gasteiger partial charge is 0.123 e. The number of aromatic nitrogens is 2. The zero-order valence-corrected chi connectivity index (χ0v) is 12.3. The Balaban J connectivity index is 1.76. The summed E-state index contributed by atoms with van der Waals surface area (Å²) in [5.74, 6) is 1.34. The molecule has 0 spiro atoms. The summed E-state index contributed by atoms with van der Waals surface area (Å²) < 4.78 is 13.3. The van der Waals surface area contributed by atoms with Crippen LogP contribution >= 0.6 is 0 Å². The molecule has 1 aliphatic heterocycles. The van der Waals surface area contributed by atoms with Crippen LogP contribution in [0.4, 0.5) is 0 Å². The third-order valence-corrected chi connectivity index (χ3v) is 4.15. The standard InChI is InChI=1S/C18H18N2O2/c1-2-5-14(6-3-1)17-18(15-8-10-21-12-15)20(13-19-17)11-16-7-4-9-22-16/h1-7,9,13,15H,8,10-12H2/t15-/m1/s1. The Morgan fingerprint density at radius 3 is 2.77 bits per heavy atom. The molecule has 0 unspecified atom stereocenters. The lowest BCUT2D eigenvalue weighted by Gasteiger charge is -2.14. The Kier molecular flexibility index (Phi) is 3.52. The van der Waals surface area contributed by atoms with Crippen molar-refractivity contribution in [3.63, 3.8) is 0 Å². The summed E-state index contributed by atoms with van der Waals surface area (Å²) in [5, 5.41) is 0. The summed E-state index contributed by atoms with van der Waals surface area (Å²) in [6, 6.07) is 14.3. The molecule has 1 atom stereocenters. The molecule has 1 aromatic carbocycles. The van der Waals surface area contributed by atoms with Crippen LogP contribution in [0.1, 0.15) is 23.8 Å². The van der Waals surface area contributed by atoms with Gasteiger partial charge in [-0.2, -0.15) is 0 Å². The van der Waals surface area contributed by atoms with Gasteiger partial charge in [0.15, 0.2) is 0 Å². The van der Waals surface area contributed by atoms with Crippen LogP contribution in [0.15, 0.2) is 59.5 Å². The van der Waals surface area contributed by atoms with E-state index in [9.17, 15) is 0 Å². The van der Waals surface area contributed by atoms with E-state index in [1.165, 1.54) is 5.69 Å². The molecule has 1 aliphatic rings. The third-order valence-electron chi connectivity index (χ3n) is 4.15. The van der Waals surface area contributed by atoms with Crippen molar-refractivity contribution in [1.29, 1.82) is 0 Å². The summed E-state index contributed by atoms with van der Waals surface area (Å²) in [6.07, 6.45) is 4.67. The van der Waals surface area contributed by atoms with E-state index in [-0.39, 0.29) is 0 Å². The molecule has 2 aromatic heterocycles. The number of hydrogen-bond donors (Lipinski definition) is 0. The number of furan rings is 1. The molecule has 22 heavy (non-hydrogen) atoms.